The van der Waals surface area contributed by atoms with E-state index in [1.54, 1.807) is 0 Å². The van der Waals surface area contributed by atoms with Crippen LogP contribution in [0.25, 0.3) is 0 Å². The molecule has 0 heterocycles. The first kappa shape index (κ1) is 12.5. The van der Waals surface area contributed by atoms with Gasteiger partial charge in [0.25, 0.3) is 0 Å². The second kappa shape index (κ2) is 6.67. The van der Waals surface area contributed by atoms with E-state index in [1.165, 1.54) is 0 Å². The highest BCUT2D eigenvalue weighted by molar-refractivity contribution is 5.48. The second-order valence-electron chi connectivity index (χ2n) is 3.95. The molecule has 0 saturated carbocycles. The van der Waals surface area contributed by atoms with E-state index in [2.05, 4.69) is 5.32 Å². The summed E-state index contributed by atoms with van der Waals surface area (Å²) in [5, 5.41) is 11.9. The Bertz CT molecular complexity index is 471. The number of benzene rings is 2. The van der Waals surface area contributed by atoms with E-state index in [9.17, 15) is 0 Å². The highest BCUT2D eigenvalue weighted by atomic mass is 16.5. The zero-order chi connectivity index (χ0) is 12.6. The van der Waals surface area contributed by atoms with Gasteiger partial charge in [-0.3, -0.25) is 0 Å². The maximum absolute atomic E-state index is 8.76. The monoisotopic (exact) mass is 243 g/mol. The fourth-order valence-corrected chi connectivity index (χ4v) is 1.64. The van der Waals surface area contributed by atoms with E-state index in [0.29, 0.717) is 13.2 Å². The van der Waals surface area contributed by atoms with Crippen LogP contribution in [0.3, 0.4) is 0 Å². The van der Waals surface area contributed by atoms with Crippen molar-refractivity contribution in [3.8, 4) is 5.75 Å². The molecule has 0 atom stereocenters. The zero-order valence-electron chi connectivity index (χ0n) is 10.2. The molecule has 3 heteroatoms. The van der Waals surface area contributed by atoms with Gasteiger partial charge in [0.1, 0.15) is 12.4 Å². The van der Waals surface area contributed by atoms with Crippen molar-refractivity contribution in [2.45, 2.75) is 6.61 Å². The van der Waals surface area contributed by atoms with Gasteiger partial charge in [-0.05, 0) is 17.7 Å². The summed E-state index contributed by atoms with van der Waals surface area (Å²) in [6.45, 7) is 1.22. The summed E-state index contributed by atoms with van der Waals surface area (Å²) < 4.78 is 5.71. The Morgan fingerprint density at radius 3 is 2.61 bits per heavy atom. The van der Waals surface area contributed by atoms with Crippen LogP contribution in [-0.2, 0) is 6.61 Å². The van der Waals surface area contributed by atoms with Gasteiger partial charge >= 0.3 is 0 Å². The summed E-state index contributed by atoms with van der Waals surface area (Å²) in [5.74, 6) is 0.821. The van der Waals surface area contributed by atoms with Crippen molar-refractivity contribution in [1.29, 1.82) is 0 Å². The Morgan fingerprint density at radius 1 is 1.00 bits per heavy atom. The predicted molar refractivity (Wildman–Crippen MR) is 72.8 cm³/mol. The Labute approximate surface area is 107 Å². The molecule has 2 rings (SSSR count). The molecule has 94 valence electrons. The predicted octanol–water partition coefficient (Wildman–Crippen LogP) is 2.67. The number of hydrogen-bond acceptors (Lipinski definition) is 3. The molecule has 0 spiro atoms. The topological polar surface area (TPSA) is 41.5 Å². The fraction of sp³-hybridized carbons (Fsp3) is 0.200. The Morgan fingerprint density at radius 2 is 1.83 bits per heavy atom. The van der Waals surface area contributed by atoms with Gasteiger partial charge in [-0.25, -0.2) is 0 Å². The number of hydrogen-bond donors (Lipinski definition) is 2. The second-order valence-corrected chi connectivity index (χ2v) is 3.95. The summed E-state index contributed by atoms with van der Waals surface area (Å²) in [7, 11) is 0. The van der Waals surface area contributed by atoms with Crippen LogP contribution in [0.2, 0.25) is 0 Å². The van der Waals surface area contributed by atoms with E-state index in [1.807, 2.05) is 54.6 Å². The summed E-state index contributed by atoms with van der Waals surface area (Å²) in [6.07, 6.45) is 0. The maximum atomic E-state index is 8.76. The van der Waals surface area contributed by atoms with Crippen LogP contribution in [-0.4, -0.2) is 18.3 Å². The number of aliphatic hydroxyl groups excluding tert-OH is 1. The lowest BCUT2D eigenvalue weighted by atomic mass is 10.2. The highest BCUT2D eigenvalue weighted by Crippen LogP contribution is 2.18. The van der Waals surface area contributed by atoms with Crippen LogP contribution in [0.5, 0.6) is 5.75 Å². The molecule has 0 aliphatic heterocycles. The highest BCUT2D eigenvalue weighted by Gasteiger charge is 1.97. The third-order valence-electron chi connectivity index (χ3n) is 2.52. The Kier molecular flexibility index (Phi) is 4.61. The third-order valence-corrected chi connectivity index (χ3v) is 2.52. The summed E-state index contributed by atoms with van der Waals surface area (Å²) >= 11 is 0. The minimum absolute atomic E-state index is 0.120. The van der Waals surface area contributed by atoms with Gasteiger partial charge in [0.2, 0.25) is 0 Å². The van der Waals surface area contributed by atoms with Gasteiger partial charge < -0.3 is 15.2 Å². The average molecular weight is 243 g/mol. The first-order chi connectivity index (χ1) is 8.88. The maximum Gasteiger partial charge on any atom is 0.121 e. The van der Waals surface area contributed by atoms with Crippen molar-refractivity contribution in [3.05, 3.63) is 60.2 Å². The molecular weight excluding hydrogens is 226 g/mol. The molecule has 0 amide bonds. The molecular formula is C15H17NO2. The van der Waals surface area contributed by atoms with Crippen molar-refractivity contribution in [1.82, 2.24) is 0 Å². The van der Waals surface area contributed by atoms with Gasteiger partial charge in [-0.1, -0.05) is 36.4 Å². The summed E-state index contributed by atoms with van der Waals surface area (Å²) in [5.41, 5.74) is 2.10. The SMILES string of the molecule is OCCNc1cccc(OCc2ccccc2)c1. The van der Waals surface area contributed by atoms with Crippen LogP contribution in [0.15, 0.2) is 54.6 Å². The lowest BCUT2D eigenvalue weighted by molar-refractivity contribution is 0.305. The van der Waals surface area contributed by atoms with Crippen molar-refractivity contribution in [2.75, 3.05) is 18.5 Å². The fourth-order valence-electron chi connectivity index (χ4n) is 1.64. The zero-order valence-corrected chi connectivity index (χ0v) is 10.2. The van der Waals surface area contributed by atoms with Crippen molar-refractivity contribution in [3.63, 3.8) is 0 Å². The number of ether oxygens (including phenoxy) is 1. The number of rotatable bonds is 6. The molecule has 2 aromatic carbocycles. The molecule has 0 saturated heterocycles. The first-order valence-electron chi connectivity index (χ1n) is 6.00. The summed E-state index contributed by atoms with van der Waals surface area (Å²) in [6, 6.07) is 17.8. The van der Waals surface area contributed by atoms with Crippen LogP contribution in [0, 0.1) is 0 Å². The quantitative estimate of drug-likeness (QED) is 0.819. The van der Waals surface area contributed by atoms with Crippen molar-refractivity contribution < 1.29 is 9.84 Å². The lowest BCUT2D eigenvalue weighted by Crippen LogP contribution is -2.05. The van der Waals surface area contributed by atoms with E-state index >= 15 is 0 Å². The van der Waals surface area contributed by atoms with Crippen molar-refractivity contribution in [2.24, 2.45) is 0 Å². The summed E-state index contributed by atoms with van der Waals surface area (Å²) in [4.78, 5) is 0. The minimum atomic E-state index is 0.120. The molecule has 2 N–H and O–H groups in total. The van der Waals surface area contributed by atoms with Gasteiger partial charge in [0.15, 0.2) is 0 Å². The van der Waals surface area contributed by atoms with E-state index in [4.69, 9.17) is 9.84 Å². The van der Waals surface area contributed by atoms with Crippen LogP contribution in [0.4, 0.5) is 5.69 Å². The van der Waals surface area contributed by atoms with Gasteiger partial charge in [0.05, 0.1) is 6.61 Å². The largest absolute Gasteiger partial charge is 0.489 e. The molecule has 2 aromatic rings. The molecule has 0 aliphatic carbocycles. The van der Waals surface area contributed by atoms with Crippen molar-refractivity contribution >= 4 is 5.69 Å². The molecule has 3 nitrogen and oxygen atoms in total. The average Bonchev–Trinajstić information content (AvgIpc) is 2.44. The Balaban J connectivity index is 1.93. The number of anilines is 1. The first-order valence-corrected chi connectivity index (χ1v) is 6.00. The van der Waals surface area contributed by atoms with Gasteiger partial charge in [-0.15, -0.1) is 0 Å². The lowest BCUT2D eigenvalue weighted by Gasteiger charge is -2.09. The molecule has 18 heavy (non-hydrogen) atoms. The Hall–Kier alpha value is -2.00. The standard InChI is InChI=1S/C15H17NO2/c17-10-9-16-14-7-4-8-15(11-14)18-12-13-5-2-1-3-6-13/h1-8,11,16-17H,9-10,12H2. The number of aliphatic hydroxyl groups is 1. The molecule has 0 fully saturated rings. The molecule has 0 aliphatic rings. The van der Waals surface area contributed by atoms with Crippen LogP contribution < -0.4 is 10.1 Å². The number of nitrogens with one attached hydrogen (secondary N) is 1. The minimum Gasteiger partial charge on any atom is -0.489 e. The molecule has 0 radical (unpaired) electrons. The molecule has 0 bridgehead atoms. The van der Waals surface area contributed by atoms with Gasteiger partial charge in [-0.2, -0.15) is 0 Å². The normalized spacial score (nSPS) is 10.1. The molecule has 0 aromatic heterocycles. The third kappa shape index (κ3) is 3.79. The smallest absolute Gasteiger partial charge is 0.121 e. The van der Waals surface area contributed by atoms with E-state index in [0.717, 1.165) is 17.0 Å². The van der Waals surface area contributed by atoms with E-state index < -0.39 is 0 Å². The van der Waals surface area contributed by atoms with Gasteiger partial charge in [0, 0.05) is 18.3 Å². The van der Waals surface area contributed by atoms with Crippen LogP contribution in [0.1, 0.15) is 5.56 Å². The van der Waals surface area contributed by atoms with E-state index in [-0.39, 0.29) is 6.61 Å². The van der Waals surface area contributed by atoms with Crippen LogP contribution >= 0.6 is 0 Å². The molecule has 0 unspecified atom stereocenters.